The molecule has 1 saturated heterocycles. The lowest BCUT2D eigenvalue weighted by molar-refractivity contribution is -0.252. The van der Waals surface area contributed by atoms with Gasteiger partial charge in [-0.2, -0.15) is 5.26 Å². The average Bonchev–Trinajstić information content (AvgIpc) is 3.15. The van der Waals surface area contributed by atoms with Crippen LogP contribution in [0, 0.1) is 39.9 Å². The predicted octanol–water partition coefficient (Wildman–Crippen LogP) is 2.39. The number of hydrogen-bond acceptors (Lipinski definition) is 7. The molecular formula is C25H32FNO6. The molecule has 0 amide bonds. The van der Waals surface area contributed by atoms with Crippen LogP contribution in [0.25, 0.3) is 0 Å². The van der Waals surface area contributed by atoms with Crippen LogP contribution in [-0.4, -0.2) is 57.7 Å². The van der Waals surface area contributed by atoms with Crippen molar-refractivity contribution in [3.63, 3.8) is 0 Å². The Balaban J connectivity index is 1.63. The number of alkyl halides is 1. The highest BCUT2D eigenvalue weighted by Crippen LogP contribution is 2.72. The maximum atomic E-state index is 17.4. The molecule has 5 rings (SSSR count). The Bertz CT molecular complexity index is 1000. The lowest BCUT2D eigenvalue weighted by Gasteiger charge is -2.63. The Labute approximate surface area is 192 Å². The first-order valence-corrected chi connectivity index (χ1v) is 11.8. The minimum atomic E-state index is -2.06. The Morgan fingerprint density at radius 2 is 1.97 bits per heavy atom. The molecule has 0 aromatic carbocycles. The molecule has 0 aromatic heterocycles. The van der Waals surface area contributed by atoms with E-state index in [4.69, 9.17) is 9.47 Å². The van der Waals surface area contributed by atoms with Gasteiger partial charge < -0.3 is 19.7 Å². The fourth-order valence-corrected chi connectivity index (χ4v) is 8.47. The summed E-state index contributed by atoms with van der Waals surface area (Å²) in [7, 11) is 0. The van der Waals surface area contributed by atoms with Crippen LogP contribution in [0.1, 0.15) is 59.8 Å². The van der Waals surface area contributed by atoms with Gasteiger partial charge in [0.15, 0.2) is 23.0 Å². The van der Waals surface area contributed by atoms with Crippen molar-refractivity contribution >= 4 is 11.6 Å². The van der Waals surface area contributed by atoms with Gasteiger partial charge in [0.2, 0.25) is 0 Å². The van der Waals surface area contributed by atoms with Crippen LogP contribution in [-0.2, 0) is 19.1 Å². The number of carbonyl (C=O) groups is 2. The molecule has 0 bridgehead atoms. The average molecular weight is 462 g/mol. The molecule has 1 heterocycles. The zero-order valence-electron chi connectivity index (χ0n) is 19.6. The zero-order valence-corrected chi connectivity index (χ0v) is 19.6. The predicted molar refractivity (Wildman–Crippen MR) is 113 cm³/mol. The van der Waals surface area contributed by atoms with Crippen molar-refractivity contribution in [2.24, 2.45) is 28.6 Å². The van der Waals surface area contributed by atoms with Gasteiger partial charge in [-0.25, -0.2) is 4.39 Å². The Morgan fingerprint density at radius 1 is 1.27 bits per heavy atom. The Hall–Kier alpha value is -1.66. The van der Waals surface area contributed by atoms with E-state index in [1.807, 2.05) is 13.0 Å². The summed E-state index contributed by atoms with van der Waals surface area (Å²) in [5, 5.41) is 30.8. The molecule has 8 heteroatoms. The highest BCUT2D eigenvalue weighted by Gasteiger charge is 2.80. The summed E-state index contributed by atoms with van der Waals surface area (Å²) in [4.78, 5) is 25.6. The van der Waals surface area contributed by atoms with E-state index >= 15 is 4.39 Å². The molecule has 4 fully saturated rings. The summed E-state index contributed by atoms with van der Waals surface area (Å²) < 4.78 is 29.8. The smallest absolute Gasteiger partial charge is 0.193 e. The van der Waals surface area contributed by atoms with E-state index in [-0.39, 0.29) is 24.5 Å². The van der Waals surface area contributed by atoms with Crippen molar-refractivity contribution in [1.82, 2.24) is 0 Å². The number of allylic oxidation sites excluding steroid dienone is 1. The van der Waals surface area contributed by atoms with Crippen LogP contribution < -0.4 is 0 Å². The van der Waals surface area contributed by atoms with Gasteiger partial charge in [-0.1, -0.05) is 19.4 Å². The van der Waals surface area contributed by atoms with E-state index in [2.05, 4.69) is 0 Å². The van der Waals surface area contributed by atoms with Crippen LogP contribution in [0.15, 0.2) is 11.6 Å². The van der Waals surface area contributed by atoms with Gasteiger partial charge in [0.25, 0.3) is 0 Å². The van der Waals surface area contributed by atoms with Crippen LogP contribution in [0.4, 0.5) is 4.39 Å². The number of aliphatic hydroxyl groups is 2. The molecule has 3 saturated carbocycles. The number of halogens is 1. The second-order valence-electron chi connectivity index (χ2n) is 11.6. The van der Waals surface area contributed by atoms with Crippen molar-refractivity contribution in [2.45, 2.75) is 89.1 Å². The van der Waals surface area contributed by atoms with Gasteiger partial charge in [0.1, 0.15) is 18.2 Å². The summed E-state index contributed by atoms with van der Waals surface area (Å²) in [6.07, 6.45) is 0.621. The van der Waals surface area contributed by atoms with Crippen molar-refractivity contribution in [1.29, 1.82) is 5.26 Å². The van der Waals surface area contributed by atoms with Gasteiger partial charge >= 0.3 is 0 Å². The van der Waals surface area contributed by atoms with Gasteiger partial charge in [-0.3, -0.25) is 9.59 Å². The monoisotopic (exact) mass is 461 g/mol. The number of Topliss-reactive ketones (excluding diaryl/α,β-unsaturated/α-hetero) is 1. The van der Waals surface area contributed by atoms with E-state index < -0.39 is 64.3 Å². The minimum absolute atomic E-state index is 0.0336. The molecule has 0 aromatic rings. The highest BCUT2D eigenvalue weighted by molar-refractivity contribution is 5.95. The number of ketones is 2. The number of nitrogens with zero attached hydrogens (tertiary/aromatic N) is 1. The molecular weight excluding hydrogens is 429 g/mol. The minimum Gasteiger partial charge on any atom is -0.390 e. The number of fused-ring (bicyclic) bond motifs is 7. The van der Waals surface area contributed by atoms with Crippen molar-refractivity contribution < 1.29 is 33.7 Å². The Kier molecular flexibility index (Phi) is 4.70. The molecule has 4 aliphatic carbocycles. The summed E-state index contributed by atoms with van der Waals surface area (Å²) in [5.74, 6) is -3.73. The van der Waals surface area contributed by atoms with Crippen molar-refractivity contribution in [3.8, 4) is 6.07 Å². The van der Waals surface area contributed by atoms with Gasteiger partial charge in [-0.15, -0.1) is 0 Å². The fraction of sp³-hybridized carbons (Fsp3) is 0.800. The van der Waals surface area contributed by atoms with E-state index in [1.165, 1.54) is 6.08 Å². The van der Waals surface area contributed by atoms with Crippen LogP contribution >= 0.6 is 0 Å². The zero-order chi connectivity index (χ0) is 24.2. The van der Waals surface area contributed by atoms with E-state index in [1.54, 1.807) is 20.8 Å². The third-order valence-electron chi connectivity index (χ3n) is 9.81. The third-order valence-corrected chi connectivity index (χ3v) is 9.81. The quantitative estimate of drug-likeness (QED) is 0.648. The molecule has 0 unspecified atom stereocenters. The molecule has 0 spiro atoms. The molecule has 1 aliphatic heterocycles. The second kappa shape index (κ2) is 6.72. The van der Waals surface area contributed by atoms with Crippen LogP contribution in [0.3, 0.4) is 0 Å². The Morgan fingerprint density at radius 3 is 2.61 bits per heavy atom. The fourth-order valence-electron chi connectivity index (χ4n) is 8.47. The maximum Gasteiger partial charge on any atom is 0.193 e. The topological polar surface area (TPSA) is 117 Å². The number of nitriles is 1. The molecule has 9 atom stereocenters. The lowest BCUT2D eigenvalue weighted by Crippen LogP contribution is -2.70. The first-order chi connectivity index (χ1) is 15.3. The highest BCUT2D eigenvalue weighted by atomic mass is 19.1. The van der Waals surface area contributed by atoms with Crippen molar-refractivity contribution in [2.75, 3.05) is 6.61 Å². The number of rotatable bonds is 2. The summed E-state index contributed by atoms with van der Waals surface area (Å²) in [6, 6.07) is 2.01. The van der Waals surface area contributed by atoms with Gasteiger partial charge in [-0.05, 0) is 57.9 Å². The number of carbonyl (C=O) groups excluding carboxylic acids is 2. The first-order valence-electron chi connectivity index (χ1n) is 11.8. The van der Waals surface area contributed by atoms with E-state index in [0.717, 1.165) is 0 Å². The lowest BCUT2D eigenvalue weighted by atomic mass is 9.43. The largest absolute Gasteiger partial charge is 0.390 e. The van der Waals surface area contributed by atoms with E-state index in [9.17, 15) is 25.1 Å². The number of ether oxygens (including phenoxy) is 2. The van der Waals surface area contributed by atoms with Crippen molar-refractivity contribution in [3.05, 3.63) is 11.6 Å². The molecule has 33 heavy (non-hydrogen) atoms. The first kappa shape index (κ1) is 23.1. The third kappa shape index (κ3) is 2.52. The molecule has 5 aliphatic rings. The number of hydrogen-bond donors (Lipinski definition) is 2. The summed E-state index contributed by atoms with van der Waals surface area (Å²) in [6.45, 7) is 6.29. The normalized spacial score (nSPS) is 52.1. The molecule has 180 valence electrons. The van der Waals surface area contributed by atoms with Crippen LogP contribution in [0.2, 0.25) is 0 Å². The molecule has 0 radical (unpaired) electrons. The molecule has 7 nitrogen and oxygen atoms in total. The van der Waals surface area contributed by atoms with Gasteiger partial charge in [0, 0.05) is 16.7 Å². The van der Waals surface area contributed by atoms with E-state index in [0.29, 0.717) is 24.8 Å². The summed E-state index contributed by atoms with van der Waals surface area (Å²) >= 11 is 0. The summed E-state index contributed by atoms with van der Waals surface area (Å²) in [5.41, 5.74) is -4.96. The maximum absolute atomic E-state index is 17.4. The van der Waals surface area contributed by atoms with Crippen LogP contribution in [0.5, 0.6) is 0 Å². The standard InChI is InChI=1S/C25H32FNO6/c1-21(2)32-20-8-16-15-6-5-14-7-17(29)13(11-27)9-22(14,3)24(15,26)18(30)10-23(16,4)25(20,33-21)19(31)12-28/h7,13,15-16,18,20,28,30H,5-6,8-10,12H2,1-4H3/t13-,15-,16-,18-,20+,22-,23-,24-,25+/m0/s1. The number of aliphatic hydroxyl groups excluding tert-OH is 2. The van der Waals surface area contributed by atoms with Gasteiger partial charge in [0.05, 0.1) is 18.3 Å². The molecule has 2 N–H and O–H groups in total. The second-order valence-corrected chi connectivity index (χ2v) is 11.6. The SMILES string of the molecule is CC1(C)O[C@@H]2C[C@H]3[C@@H]4CCC5=CC(=O)[C@H](C#N)C[C@]5(C)[C@@]4(F)[C@@H](O)C[C@]3(C)[C@]2(C(=O)CO)O1.